The summed E-state index contributed by atoms with van der Waals surface area (Å²) in [5.74, 6) is -0.901. The van der Waals surface area contributed by atoms with E-state index in [1.54, 1.807) is 6.92 Å². The van der Waals surface area contributed by atoms with E-state index in [0.29, 0.717) is 0 Å². The molecule has 3 heteroatoms. The fourth-order valence-corrected chi connectivity index (χ4v) is 1.78. The molecule has 0 aromatic rings. The van der Waals surface area contributed by atoms with Crippen molar-refractivity contribution in [2.45, 2.75) is 32.6 Å². The van der Waals surface area contributed by atoms with E-state index in [-0.39, 0.29) is 5.92 Å². The Morgan fingerprint density at radius 3 is 2.31 bits per heavy atom. The van der Waals surface area contributed by atoms with Crippen molar-refractivity contribution in [3.05, 3.63) is 0 Å². The summed E-state index contributed by atoms with van der Waals surface area (Å²) in [6.07, 6.45) is 5.06. The molecule has 1 heterocycles. The van der Waals surface area contributed by atoms with Gasteiger partial charge in [0.05, 0.1) is 5.92 Å². The van der Waals surface area contributed by atoms with Crippen LogP contribution in [0.2, 0.25) is 0 Å². The van der Waals surface area contributed by atoms with Crippen molar-refractivity contribution in [3.63, 3.8) is 0 Å². The first kappa shape index (κ1) is 10.5. The molecule has 1 fully saturated rings. The third kappa shape index (κ3) is 3.77. The highest BCUT2D eigenvalue weighted by molar-refractivity contribution is 5.69. The van der Waals surface area contributed by atoms with Crippen molar-refractivity contribution in [2.75, 3.05) is 19.6 Å². The lowest BCUT2D eigenvalue weighted by atomic mass is 10.1. The quantitative estimate of drug-likeness (QED) is 0.725. The molecule has 13 heavy (non-hydrogen) atoms. The lowest BCUT2D eigenvalue weighted by Crippen LogP contribution is -2.32. The summed E-state index contributed by atoms with van der Waals surface area (Å²) in [7, 11) is 0. The predicted octanol–water partition coefficient (Wildman–Crippen LogP) is 1.58. The van der Waals surface area contributed by atoms with Crippen molar-refractivity contribution in [3.8, 4) is 0 Å². The normalized spacial score (nSPS) is 22.2. The van der Waals surface area contributed by atoms with Crippen LogP contribution >= 0.6 is 0 Å². The standard InChI is InChI=1S/C10H19NO2/c1-9(10(12)13)8-11-6-4-2-3-5-7-11/h9H,2-8H2,1H3,(H,12,13)/t9-/m0/s1. The Labute approximate surface area is 79.7 Å². The summed E-state index contributed by atoms with van der Waals surface area (Å²) >= 11 is 0. The monoisotopic (exact) mass is 185 g/mol. The van der Waals surface area contributed by atoms with Crippen molar-refractivity contribution in [1.29, 1.82) is 0 Å². The van der Waals surface area contributed by atoms with Gasteiger partial charge in [-0.1, -0.05) is 19.8 Å². The van der Waals surface area contributed by atoms with Crippen LogP contribution in [0.5, 0.6) is 0 Å². The smallest absolute Gasteiger partial charge is 0.307 e. The first-order valence-corrected chi connectivity index (χ1v) is 5.15. The lowest BCUT2D eigenvalue weighted by molar-refractivity contribution is -0.141. The molecule has 0 amide bonds. The Hall–Kier alpha value is -0.570. The number of hydrogen-bond acceptors (Lipinski definition) is 2. The van der Waals surface area contributed by atoms with Gasteiger partial charge in [0, 0.05) is 6.54 Å². The fourth-order valence-electron chi connectivity index (χ4n) is 1.78. The van der Waals surface area contributed by atoms with E-state index in [9.17, 15) is 4.79 Å². The average molecular weight is 185 g/mol. The van der Waals surface area contributed by atoms with E-state index in [0.717, 1.165) is 19.6 Å². The largest absolute Gasteiger partial charge is 0.481 e. The summed E-state index contributed by atoms with van der Waals surface area (Å²) in [5.41, 5.74) is 0. The number of likely N-dealkylation sites (tertiary alicyclic amines) is 1. The van der Waals surface area contributed by atoms with Gasteiger partial charge in [0.2, 0.25) is 0 Å². The van der Waals surface area contributed by atoms with Crippen LogP contribution in [0.3, 0.4) is 0 Å². The third-order valence-corrected chi connectivity index (χ3v) is 2.65. The molecule has 0 bridgehead atoms. The molecule has 3 nitrogen and oxygen atoms in total. The van der Waals surface area contributed by atoms with Gasteiger partial charge in [-0.25, -0.2) is 0 Å². The zero-order valence-electron chi connectivity index (χ0n) is 8.33. The van der Waals surface area contributed by atoms with Gasteiger partial charge in [-0.15, -0.1) is 0 Å². The zero-order valence-corrected chi connectivity index (χ0v) is 8.33. The van der Waals surface area contributed by atoms with Crippen LogP contribution in [0.15, 0.2) is 0 Å². The summed E-state index contributed by atoms with van der Waals surface area (Å²) < 4.78 is 0. The van der Waals surface area contributed by atoms with Gasteiger partial charge in [0.15, 0.2) is 0 Å². The van der Waals surface area contributed by atoms with E-state index in [1.807, 2.05) is 0 Å². The maximum atomic E-state index is 10.6. The molecular weight excluding hydrogens is 166 g/mol. The first-order chi connectivity index (χ1) is 6.20. The second-order valence-corrected chi connectivity index (χ2v) is 3.95. The average Bonchev–Trinajstić information content (AvgIpc) is 2.32. The van der Waals surface area contributed by atoms with Crippen LogP contribution in [0, 0.1) is 5.92 Å². The summed E-state index contributed by atoms with van der Waals surface area (Å²) in [6.45, 7) is 4.66. The van der Waals surface area contributed by atoms with Gasteiger partial charge < -0.3 is 10.0 Å². The minimum Gasteiger partial charge on any atom is -0.481 e. The molecule has 1 N–H and O–H groups in total. The number of aliphatic carboxylic acids is 1. The third-order valence-electron chi connectivity index (χ3n) is 2.65. The maximum absolute atomic E-state index is 10.6. The fraction of sp³-hybridized carbons (Fsp3) is 0.900. The van der Waals surface area contributed by atoms with Crippen molar-refractivity contribution in [1.82, 2.24) is 4.90 Å². The van der Waals surface area contributed by atoms with Crippen LogP contribution in [0.4, 0.5) is 0 Å². The molecule has 1 rings (SSSR count). The molecule has 1 aliphatic heterocycles. The first-order valence-electron chi connectivity index (χ1n) is 5.15. The number of carboxylic acids is 1. The molecule has 0 unspecified atom stereocenters. The van der Waals surface area contributed by atoms with E-state index in [2.05, 4.69) is 4.90 Å². The van der Waals surface area contributed by atoms with Crippen LogP contribution in [0.25, 0.3) is 0 Å². The maximum Gasteiger partial charge on any atom is 0.307 e. The van der Waals surface area contributed by atoms with Gasteiger partial charge in [0.1, 0.15) is 0 Å². The molecule has 1 aliphatic rings. The minimum atomic E-state index is -0.677. The summed E-state index contributed by atoms with van der Waals surface area (Å²) in [4.78, 5) is 12.9. The molecule has 0 spiro atoms. The topological polar surface area (TPSA) is 40.5 Å². The van der Waals surface area contributed by atoms with Crippen molar-refractivity contribution in [2.24, 2.45) is 5.92 Å². The number of carboxylic acid groups (broad SMARTS) is 1. The van der Waals surface area contributed by atoms with Crippen LogP contribution in [-0.2, 0) is 4.79 Å². The Morgan fingerprint density at radius 2 is 1.85 bits per heavy atom. The second-order valence-electron chi connectivity index (χ2n) is 3.95. The second kappa shape index (κ2) is 5.22. The van der Waals surface area contributed by atoms with Crippen molar-refractivity contribution < 1.29 is 9.90 Å². The molecule has 1 saturated heterocycles. The van der Waals surface area contributed by atoms with E-state index in [4.69, 9.17) is 5.11 Å². The highest BCUT2D eigenvalue weighted by atomic mass is 16.4. The Morgan fingerprint density at radius 1 is 1.31 bits per heavy atom. The molecule has 76 valence electrons. The van der Waals surface area contributed by atoms with E-state index < -0.39 is 5.97 Å². The summed E-state index contributed by atoms with van der Waals surface area (Å²) in [5, 5.41) is 8.76. The SMILES string of the molecule is C[C@@H](CN1CCCCCC1)C(=O)O. The van der Waals surface area contributed by atoms with Crippen LogP contribution in [-0.4, -0.2) is 35.6 Å². The Bertz CT molecular complexity index is 162. The molecule has 0 aromatic heterocycles. The van der Waals surface area contributed by atoms with Gasteiger partial charge in [0.25, 0.3) is 0 Å². The lowest BCUT2D eigenvalue weighted by Gasteiger charge is -2.21. The molecule has 1 atom stereocenters. The minimum absolute atomic E-state index is 0.224. The van der Waals surface area contributed by atoms with Gasteiger partial charge in [-0.3, -0.25) is 4.79 Å². The Balaban J connectivity index is 2.29. The van der Waals surface area contributed by atoms with Crippen LogP contribution < -0.4 is 0 Å². The van der Waals surface area contributed by atoms with E-state index in [1.165, 1.54) is 25.7 Å². The molecule has 0 aromatic carbocycles. The highest BCUT2D eigenvalue weighted by Crippen LogP contribution is 2.11. The summed E-state index contributed by atoms with van der Waals surface area (Å²) in [6, 6.07) is 0. The predicted molar refractivity (Wildman–Crippen MR) is 51.7 cm³/mol. The number of nitrogens with zero attached hydrogens (tertiary/aromatic N) is 1. The van der Waals surface area contributed by atoms with Gasteiger partial charge in [-0.05, 0) is 25.9 Å². The number of carbonyl (C=O) groups is 1. The highest BCUT2D eigenvalue weighted by Gasteiger charge is 2.16. The molecule has 0 radical (unpaired) electrons. The Kier molecular flexibility index (Phi) is 4.22. The molecule has 0 saturated carbocycles. The number of hydrogen-bond donors (Lipinski definition) is 1. The zero-order chi connectivity index (χ0) is 9.68. The number of rotatable bonds is 3. The van der Waals surface area contributed by atoms with Crippen LogP contribution in [0.1, 0.15) is 32.6 Å². The van der Waals surface area contributed by atoms with Crippen molar-refractivity contribution >= 4 is 5.97 Å². The van der Waals surface area contributed by atoms with Gasteiger partial charge >= 0.3 is 5.97 Å². The molecule has 0 aliphatic carbocycles. The van der Waals surface area contributed by atoms with E-state index >= 15 is 0 Å². The van der Waals surface area contributed by atoms with Gasteiger partial charge in [-0.2, -0.15) is 0 Å². The molecular formula is C10H19NO2.